The van der Waals surface area contributed by atoms with Gasteiger partial charge >= 0.3 is 0 Å². The Hall–Kier alpha value is -1.54. The Morgan fingerprint density at radius 2 is 2.05 bits per heavy atom. The zero-order valence-electron chi connectivity index (χ0n) is 11.4. The van der Waals surface area contributed by atoms with Crippen LogP contribution in [0.15, 0.2) is 12.2 Å². The van der Waals surface area contributed by atoms with Crippen molar-refractivity contribution in [2.24, 2.45) is 0 Å². The van der Waals surface area contributed by atoms with E-state index in [-0.39, 0.29) is 43.5 Å². The molecule has 2 N–H and O–H groups in total. The topological polar surface area (TPSA) is 111 Å². The molecule has 1 aliphatic carbocycles. The number of aliphatic hydroxyl groups is 1. The quantitative estimate of drug-likeness (QED) is 0.384. The zero-order valence-corrected chi connectivity index (χ0v) is 11.4. The number of hydrogen-bond donors (Lipinski definition) is 2. The highest BCUT2D eigenvalue weighted by atomic mass is 16.6. The van der Waals surface area contributed by atoms with Crippen LogP contribution in [0.1, 0.15) is 26.2 Å². The monoisotopic (exact) mass is 286 g/mol. The number of aliphatic hydroxyl groups excluding tert-OH is 1. The van der Waals surface area contributed by atoms with E-state index in [9.17, 15) is 25.3 Å². The standard InChI is InChI=1S/C12H19N3O5/c1-2-10(6-16)13-8-11(14(17)18)4-3-5-12(7-11,9-13)15(19)20/h3-4,10,16H,2,5-9H2,1H3/p+1/t10-,11-,12-/m0/s1. The van der Waals surface area contributed by atoms with Crippen LogP contribution in [0.5, 0.6) is 0 Å². The molecule has 112 valence electrons. The average molecular weight is 286 g/mol. The largest absolute Gasteiger partial charge is 0.390 e. The molecule has 8 heteroatoms. The SMILES string of the molecule is CC[C@@H](CO)[NH+]1C[C@]2([N+](=O)[O-])C=CC[C@@]([N+](=O)[O-])(C1)C2. The van der Waals surface area contributed by atoms with Crippen LogP contribution in [-0.2, 0) is 0 Å². The van der Waals surface area contributed by atoms with Crippen LogP contribution in [0.25, 0.3) is 0 Å². The minimum atomic E-state index is -1.37. The summed E-state index contributed by atoms with van der Waals surface area (Å²) < 4.78 is 0. The molecule has 2 aliphatic rings. The molecule has 0 radical (unpaired) electrons. The molecule has 1 aliphatic heterocycles. The van der Waals surface area contributed by atoms with Crippen molar-refractivity contribution in [2.75, 3.05) is 19.7 Å². The maximum absolute atomic E-state index is 11.5. The minimum Gasteiger partial charge on any atom is -0.390 e. The van der Waals surface area contributed by atoms with Crippen molar-refractivity contribution in [1.82, 2.24) is 0 Å². The fourth-order valence-corrected chi connectivity index (χ4v) is 3.56. The fourth-order valence-electron chi connectivity index (χ4n) is 3.56. The van der Waals surface area contributed by atoms with Gasteiger partial charge in [-0.3, -0.25) is 20.2 Å². The van der Waals surface area contributed by atoms with Gasteiger partial charge in [0.25, 0.3) is 11.1 Å². The Labute approximate surface area is 116 Å². The molecule has 1 unspecified atom stereocenters. The summed E-state index contributed by atoms with van der Waals surface area (Å²) in [6, 6.07) is -0.194. The molecular formula is C12H20N3O5+. The molecule has 2 bridgehead atoms. The second kappa shape index (κ2) is 5.10. The van der Waals surface area contributed by atoms with Crippen LogP contribution in [0, 0.1) is 20.2 Å². The van der Waals surface area contributed by atoms with Gasteiger partial charge < -0.3 is 10.0 Å². The van der Waals surface area contributed by atoms with E-state index in [0.717, 1.165) is 4.90 Å². The molecule has 1 heterocycles. The van der Waals surface area contributed by atoms with E-state index >= 15 is 0 Å². The minimum absolute atomic E-state index is 0.0537. The number of piperidine rings is 1. The number of likely N-dealkylation sites (tertiary alicyclic amines) is 1. The van der Waals surface area contributed by atoms with Crippen LogP contribution in [0.4, 0.5) is 0 Å². The smallest absolute Gasteiger partial charge is 0.294 e. The van der Waals surface area contributed by atoms with E-state index in [4.69, 9.17) is 0 Å². The van der Waals surface area contributed by atoms with Crippen LogP contribution in [0.2, 0.25) is 0 Å². The number of rotatable bonds is 5. The molecule has 20 heavy (non-hydrogen) atoms. The number of nitrogens with zero attached hydrogens (tertiary/aromatic N) is 2. The summed E-state index contributed by atoms with van der Waals surface area (Å²) in [6.07, 6.45) is 3.89. The molecule has 0 amide bonds. The molecular weight excluding hydrogens is 266 g/mol. The van der Waals surface area contributed by atoms with E-state index in [1.807, 2.05) is 6.92 Å². The highest BCUT2D eigenvalue weighted by Crippen LogP contribution is 2.36. The first-order valence-corrected chi connectivity index (χ1v) is 6.81. The molecule has 0 aromatic carbocycles. The number of nitro groups is 2. The highest BCUT2D eigenvalue weighted by Gasteiger charge is 2.65. The molecule has 0 saturated carbocycles. The van der Waals surface area contributed by atoms with Gasteiger partial charge in [-0.25, -0.2) is 0 Å². The zero-order chi connectivity index (χ0) is 15.0. The van der Waals surface area contributed by atoms with Crippen LogP contribution in [0.3, 0.4) is 0 Å². The van der Waals surface area contributed by atoms with E-state index in [0.29, 0.717) is 6.42 Å². The van der Waals surface area contributed by atoms with Gasteiger partial charge in [-0.1, -0.05) is 13.0 Å². The Morgan fingerprint density at radius 3 is 2.55 bits per heavy atom. The first-order valence-electron chi connectivity index (χ1n) is 6.81. The summed E-state index contributed by atoms with van der Waals surface area (Å²) in [4.78, 5) is 22.9. The van der Waals surface area contributed by atoms with Crippen molar-refractivity contribution in [3.8, 4) is 0 Å². The van der Waals surface area contributed by atoms with Gasteiger partial charge in [0.2, 0.25) is 0 Å². The number of fused-ring (bicyclic) bond motifs is 2. The van der Waals surface area contributed by atoms with E-state index in [1.165, 1.54) is 6.08 Å². The van der Waals surface area contributed by atoms with Crippen molar-refractivity contribution in [3.63, 3.8) is 0 Å². The molecule has 8 nitrogen and oxygen atoms in total. The summed E-state index contributed by atoms with van der Waals surface area (Å²) >= 11 is 0. The number of nitrogens with one attached hydrogen (secondary N) is 1. The number of hydrogen-bond acceptors (Lipinski definition) is 5. The summed E-state index contributed by atoms with van der Waals surface area (Å²) in [7, 11) is 0. The van der Waals surface area contributed by atoms with Gasteiger partial charge in [0.15, 0.2) is 6.54 Å². The van der Waals surface area contributed by atoms with E-state index in [2.05, 4.69) is 0 Å². The Balaban J connectivity index is 2.41. The third-order valence-corrected chi connectivity index (χ3v) is 4.69. The third kappa shape index (κ3) is 2.18. The molecule has 4 atom stereocenters. The lowest BCUT2D eigenvalue weighted by molar-refractivity contribution is -0.964. The first-order chi connectivity index (χ1) is 9.39. The molecule has 2 rings (SSSR count). The van der Waals surface area contributed by atoms with Crippen molar-refractivity contribution >= 4 is 0 Å². The van der Waals surface area contributed by atoms with Gasteiger partial charge in [-0.2, -0.15) is 0 Å². The van der Waals surface area contributed by atoms with Crippen molar-refractivity contribution < 1.29 is 19.9 Å². The lowest BCUT2D eigenvalue weighted by Gasteiger charge is -2.43. The van der Waals surface area contributed by atoms with Gasteiger partial charge in [0, 0.05) is 16.3 Å². The fraction of sp³-hybridized carbons (Fsp3) is 0.833. The normalized spacial score (nSPS) is 37.4. The van der Waals surface area contributed by atoms with Crippen LogP contribution in [-0.4, -0.2) is 51.8 Å². The second-order valence-electron chi connectivity index (χ2n) is 5.92. The summed E-state index contributed by atoms with van der Waals surface area (Å²) in [5, 5.41) is 32.3. The molecule has 0 aromatic heterocycles. The van der Waals surface area contributed by atoms with Gasteiger partial charge in [-0.05, 0) is 12.5 Å². The van der Waals surface area contributed by atoms with Crippen LogP contribution < -0.4 is 4.90 Å². The van der Waals surface area contributed by atoms with Crippen LogP contribution >= 0.6 is 0 Å². The highest BCUT2D eigenvalue weighted by molar-refractivity contribution is 5.14. The van der Waals surface area contributed by atoms with Gasteiger partial charge in [0.1, 0.15) is 19.0 Å². The third-order valence-electron chi connectivity index (χ3n) is 4.69. The van der Waals surface area contributed by atoms with Crippen molar-refractivity contribution in [1.29, 1.82) is 0 Å². The Morgan fingerprint density at radius 1 is 1.35 bits per heavy atom. The summed E-state index contributed by atoms with van der Waals surface area (Å²) in [5.41, 5.74) is -2.65. The summed E-state index contributed by atoms with van der Waals surface area (Å²) in [5.74, 6) is 0. The molecule has 0 aromatic rings. The second-order valence-corrected chi connectivity index (χ2v) is 5.92. The van der Waals surface area contributed by atoms with Gasteiger partial charge in [0.05, 0.1) is 6.61 Å². The lowest BCUT2D eigenvalue weighted by atomic mass is 9.71. The summed E-state index contributed by atoms with van der Waals surface area (Å²) in [6.45, 7) is 2.20. The predicted molar refractivity (Wildman–Crippen MR) is 69.7 cm³/mol. The molecule has 1 fully saturated rings. The van der Waals surface area contributed by atoms with Gasteiger partial charge in [-0.15, -0.1) is 0 Å². The maximum atomic E-state index is 11.5. The molecule has 0 spiro atoms. The maximum Gasteiger partial charge on any atom is 0.294 e. The molecule has 1 saturated heterocycles. The van der Waals surface area contributed by atoms with E-state index < -0.39 is 16.0 Å². The van der Waals surface area contributed by atoms with Crippen molar-refractivity contribution in [3.05, 3.63) is 32.4 Å². The van der Waals surface area contributed by atoms with E-state index in [1.54, 1.807) is 6.08 Å². The first kappa shape index (κ1) is 14.9. The lowest BCUT2D eigenvalue weighted by Crippen LogP contribution is -3.21. The Kier molecular flexibility index (Phi) is 3.79. The Bertz CT molecular complexity index is 450. The number of quaternary nitrogens is 1. The average Bonchev–Trinajstić information content (AvgIpc) is 2.39. The predicted octanol–water partition coefficient (Wildman–Crippen LogP) is -0.963. The van der Waals surface area contributed by atoms with Crippen molar-refractivity contribution in [2.45, 2.75) is 43.3 Å².